The van der Waals surface area contributed by atoms with Crippen LogP contribution in [-0.4, -0.2) is 17.4 Å². The summed E-state index contributed by atoms with van der Waals surface area (Å²) in [6.45, 7) is 5.11. The summed E-state index contributed by atoms with van der Waals surface area (Å²) in [5, 5.41) is 0. The van der Waals surface area contributed by atoms with Crippen molar-refractivity contribution in [3.8, 4) is 0 Å². The van der Waals surface area contributed by atoms with Crippen molar-refractivity contribution in [3.05, 3.63) is 30.2 Å². The van der Waals surface area contributed by atoms with Crippen LogP contribution in [0.1, 0.15) is 26.5 Å². The van der Waals surface area contributed by atoms with Gasteiger partial charge in [0, 0.05) is 0 Å². The highest BCUT2D eigenvalue weighted by molar-refractivity contribution is 6.39. The molecule has 0 radical (unpaired) electrons. The number of hydrogen-bond acceptors (Lipinski definition) is 4. The van der Waals surface area contributed by atoms with Gasteiger partial charge >= 0.3 is 5.97 Å². The molecule has 0 aromatic carbocycles. The fourth-order valence-electron chi connectivity index (χ4n) is 0.940. The molecule has 16 heavy (non-hydrogen) atoms. The molecule has 0 aliphatic carbocycles. The number of carbonyl (C=O) groups excluding carboxylic acids is 2. The third kappa shape index (κ3) is 4.13. The summed E-state index contributed by atoms with van der Waals surface area (Å²) in [7, 11) is 0. The van der Waals surface area contributed by atoms with E-state index in [9.17, 15) is 9.59 Å². The second-order valence-electron chi connectivity index (χ2n) is 4.21. The minimum absolute atomic E-state index is 0.511. The Balaban J connectivity index is 2.56. The quantitative estimate of drug-likeness (QED) is 0.447. The average molecular weight is 222 g/mol. The van der Waals surface area contributed by atoms with Gasteiger partial charge < -0.3 is 9.15 Å². The highest BCUT2D eigenvalue weighted by Crippen LogP contribution is 2.08. The highest BCUT2D eigenvalue weighted by atomic mass is 16.6. The van der Waals surface area contributed by atoms with Crippen molar-refractivity contribution in [3.63, 3.8) is 0 Å². The molecule has 0 atom stereocenters. The molecule has 1 heterocycles. The molecule has 0 saturated carbocycles. The van der Waals surface area contributed by atoms with Crippen LogP contribution in [-0.2, 0) is 14.3 Å². The Morgan fingerprint density at radius 3 is 2.56 bits per heavy atom. The molecular weight excluding hydrogens is 208 g/mol. The lowest BCUT2D eigenvalue weighted by Crippen LogP contribution is -2.27. The Morgan fingerprint density at radius 1 is 1.38 bits per heavy atom. The van der Waals surface area contributed by atoms with E-state index in [1.165, 1.54) is 12.3 Å². The van der Waals surface area contributed by atoms with Gasteiger partial charge in [-0.3, -0.25) is 4.79 Å². The lowest BCUT2D eigenvalue weighted by molar-refractivity contribution is -0.160. The molecule has 0 bridgehead atoms. The van der Waals surface area contributed by atoms with Crippen LogP contribution < -0.4 is 0 Å². The van der Waals surface area contributed by atoms with Gasteiger partial charge in [-0.15, -0.1) is 0 Å². The zero-order valence-corrected chi connectivity index (χ0v) is 9.52. The summed E-state index contributed by atoms with van der Waals surface area (Å²) in [6, 6.07) is 3.37. The van der Waals surface area contributed by atoms with Gasteiger partial charge in [-0.05, 0) is 45.1 Å². The molecule has 1 rings (SSSR count). The molecule has 4 heteroatoms. The molecule has 1 aromatic heterocycles. The summed E-state index contributed by atoms with van der Waals surface area (Å²) in [5.74, 6) is -1.06. The molecule has 1 aromatic rings. The minimum atomic E-state index is -0.865. The van der Waals surface area contributed by atoms with Gasteiger partial charge in [0.1, 0.15) is 11.4 Å². The van der Waals surface area contributed by atoms with Crippen LogP contribution in [0.4, 0.5) is 0 Å². The first-order valence-electron chi connectivity index (χ1n) is 4.87. The van der Waals surface area contributed by atoms with Gasteiger partial charge in [0.2, 0.25) is 0 Å². The van der Waals surface area contributed by atoms with Gasteiger partial charge in [-0.25, -0.2) is 4.79 Å². The lowest BCUT2D eigenvalue weighted by Gasteiger charge is -2.17. The van der Waals surface area contributed by atoms with Crippen LogP contribution in [0, 0.1) is 0 Å². The van der Waals surface area contributed by atoms with Gasteiger partial charge in [0.05, 0.1) is 6.26 Å². The molecule has 0 aliphatic heterocycles. The van der Waals surface area contributed by atoms with Gasteiger partial charge in [0.15, 0.2) is 0 Å². The standard InChI is InChI=1S/C12H14O4/c1-12(2,3)16-11(14)10(13)7-6-9-5-4-8-15-9/h4-8H,1-3H3/b7-6+. The Labute approximate surface area is 93.9 Å². The Bertz CT molecular complexity index is 393. The summed E-state index contributed by atoms with van der Waals surface area (Å²) in [6.07, 6.45) is 4.04. The molecule has 0 aliphatic rings. The summed E-state index contributed by atoms with van der Waals surface area (Å²) in [4.78, 5) is 22.6. The number of hydrogen-bond donors (Lipinski definition) is 0. The maximum absolute atomic E-state index is 11.3. The van der Waals surface area contributed by atoms with Crippen LogP contribution in [0.2, 0.25) is 0 Å². The molecule has 4 nitrogen and oxygen atoms in total. The predicted molar refractivity (Wildman–Crippen MR) is 58.6 cm³/mol. The number of ether oxygens (including phenoxy) is 1. The third-order valence-electron chi connectivity index (χ3n) is 1.54. The van der Waals surface area contributed by atoms with Crippen molar-refractivity contribution in [1.82, 2.24) is 0 Å². The van der Waals surface area contributed by atoms with Crippen LogP contribution >= 0.6 is 0 Å². The number of esters is 1. The van der Waals surface area contributed by atoms with E-state index in [1.54, 1.807) is 32.9 Å². The number of rotatable bonds is 3. The monoisotopic (exact) mass is 222 g/mol. The van der Waals surface area contributed by atoms with E-state index in [-0.39, 0.29) is 0 Å². The van der Waals surface area contributed by atoms with Gasteiger partial charge in [0.25, 0.3) is 5.78 Å². The first kappa shape index (κ1) is 12.2. The third-order valence-corrected chi connectivity index (χ3v) is 1.54. The largest absolute Gasteiger partial charge is 0.465 e. The van der Waals surface area contributed by atoms with Crippen LogP contribution in [0.25, 0.3) is 6.08 Å². The molecule has 0 amide bonds. The fourth-order valence-corrected chi connectivity index (χ4v) is 0.940. The van der Waals surface area contributed by atoms with Crippen molar-refractivity contribution in [2.75, 3.05) is 0 Å². The molecule has 0 fully saturated rings. The molecule has 0 N–H and O–H groups in total. The van der Waals surface area contributed by atoms with E-state index in [0.717, 1.165) is 6.08 Å². The SMILES string of the molecule is CC(C)(C)OC(=O)C(=O)/C=C/c1ccco1. The average Bonchev–Trinajstić information content (AvgIpc) is 2.63. The van der Waals surface area contributed by atoms with Crippen molar-refractivity contribution in [2.45, 2.75) is 26.4 Å². The molecule has 0 spiro atoms. The smallest absolute Gasteiger partial charge is 0.379 e. The fraction of sp³-hybridized carbons (Fsp3) is 0.333. The Kier molecular flexibility index (Phi) is 3.66. The second-order valence-corrected chi connectivity index (χ2v) is 4.21. The maximum atomic E-state index is 11.3. The first-order chi connectivity index (χ1) is 7.38. The van der Waals surface area contributed by atoms with E-state index >= 15 is 0 Å². The van der Waals surface area contributed by atoms with Crippen LogP contribution in [0.3, 0.4) is 0 Å². The number of carbonyl (C=O) groups is 2. The first-order valence-corrected chi connectivity index (χ1v) is 4.87. The highest BCUT2D eigenvalue weighted by Gasteiger charge is 2.20. The topological polar surface area (TPSA) is 56.5 Å². The van der Waals surface area contributed by atoms with E-state index < -0.39 is 17.4 Å². The molecule has 0 saturated heterocycles. The molecule has 86 valence electrons. The summed E-state index contributed by atoms with van der Waals surface area (Å²) >= 11 is 0. The number of furan rings is 1. The van der Waals surface area contributed by atoms with Crippen LogP contribution in [0.15, 0.2) is 28.9 Å². The number of ketones is 1. The molecular formula is C12H14O4. The van der Waals surface area contributed by atoms with Gasteiger partial charge in [-0.2, -0.15) is 0 Å². The van der Waals surface area contributed by atoms with E-state index in [1.807, 2.05) is 0 Å². The normalized spacial score (nSPS) is 11.7. The van der Waals surface area contributed by atoms with Gasteiger partial charge in [-0.1, -0.05) is 0 Å². The Morgan fingerprint density at radius 2 is 2.06 bits per heavy atom. The van der Waals surface area contributed by atoms with Crippen molar-refractivity contribution >= 4 is 17.8 Å². The lowest BCUT2D eigenvalue weighted by atomic mass is 10.2. The zero-order chi connectivity index (χ0) is 12.2. The zero-order valence-electron chi connectivity index (χ0n) is 9.52. The summed E-state index contributed by atoms with van der Waals surface area (Å²) in [5.41, 5.74) is -0.661. The van der Waals surface area contributed by atoms with E-state index in [0.29, 0.717) is 5.76 Å². The van der Waals surface area contributed by atoms with Crippen LogP contribution in [0.5, 0.6) is 0 Å². The minimum Gasteiger partial charge on any atom is -0.465 e. The summed E-state index contributed by atoms with van der Waals surface area (Å²) < 4.78 is 9.87. The second kappa shape index (κ2) is 4.79. The van der Waals surface area contributed by atoms with E-state index in [2.05, 4.69) is 0 Å². The van der Waals surface area contributed by atoms with Crippen molar-refractivity contribution < 1.29 is 18.7 Å². The van der Waals surface area contributed by atoms with Crippen molar-refractivity contribution in [2.24, 2.45) is 0 Å². The predicted octanol–water partition coefficient (Wildman–Crippen LogP) is 2.20. The van der Waals surface area contributed by atoms with Crippen molar-refractivity contribution in [1.29, 1.82) is 0 Å². The maximum Gasteiger partial charge on any atom is 0.379 e. The molecule has 0 unspecified atom stereocenters. The van der Waals surface area contributed by atoms with E-state index in [4.69, 9.17) is 9.15 Å². The Hall–Kier alpha value is -1.84.